The van der Waals surface area contributed by atoms with Gasteiger partial charge in [-0.05, 0) is 37.0 Å². The Balaban J connectivity index is 1.54. The van der Waals surface area contributed by atoms with Crippen LogP contribution in [0.5, 0.6) is 0 Å². The lowest BCUT2D eigenvalue weighted by Gasteiger charge is -2.32. The molecule has 2 aromatic rings. The average molecular weight is 352 g/mol. The van der Waals surface area contributed by atoms with E-state index in [2.05, 4.69) is 15.6 Å². The van der Waals surface area contributed by atoms with Crippen molar-refractivity contribution in [3.8, 4) is 0 Å². The Bertz CT molecular complexity index is 763. The molecule has 1 saturated heterocycles. The number of likely N-dealkylation sites (tertiary alicyclic amines) is 1. The summed E-state index contributed by atoms with van der Waals surface area (Å²) in [4.78, 5) is 30.9. The van der Waals surface area contributed by atoms with E-state index in [0.29, 0.717) is 25.5 Å². The number of rotatable bonds is 4. The molecule has 1 aliphatic heterocycles. The third-order valence-electron chi connectivity index (χ3n) is 4.62. The monoisotopic (exact) mass is 352 g/mol. The summed E-state index contributed by atoms with van der Waals surface area (Å²) in [5, 5.41) is 5.82. The highest BCUT2D eigenvalue weighted by Gasteiger charge is 2.28. The Kier molecular flexibility index (Phi) is 5.84. The summed E-state index contributed by atoms with van der Waals surface area (Å²) in [6.07, 6.45) is 3.25. The molecule has 6 heteroatoms. The summed E-state index contributed by atoms with van der Waals surface area (Å²) in [7, 11) is 0. The average Bonchev–Trinajstić information content (AvgIpc) is 2.69. The number of nitrogens with one attached hydrogen (secondary N) is 2. The smallest absolute Gasteiger partial charge is 0.317 e. The Hall–Kier alpha value is -2.89. The maximum Gasteiger partial charge on any atom is 0.317 e. The van der Waals surface area contributed by atoms with E-state index in [1.54, 1.807) is 11.1 Å². The molecule has 6 nitrogen and oxygen atoms in total. The number of piperidine rings is 1. The fourth-order valence-corrected chi connectivity index (χ4v) is 3.10. The molecule has 2 N–H and O–H groups in total. The first-order valence-electron chi connectivity index (χ1n) is 8.92. The molecule has 0 aliphatic carbocycles. The van der Waals surface area contributed by atoms with Crippen molar-refractivity contribution >= 4 is 17.8 Å². The molecule has 3 amide bonds. The highest BCUT2D eigenvalue weighted by molar-refractivity contribution is 5.92. The second-order valence-electron chi connectivity index (χ2n) is 6.59. The number of benzene rings is 1. The van der Waals surface area contributed by atoms with Gasteiger partial charge in [0.1, 0.15) is 5.82 Å². The third-order valence-corrected chi connectivity index (χ3v) is 4.62. The Labute approximate surface area is 153 Å². The van der Waals surface area contributed by atoms with Gasteiger partial charge in [0.2, 0.25) is 5.91 Å². The molecule has 0 bridgehead atoms. The van der Waals surface area contributed by atoms with Crippen molar-refractivity contribution in [1.82, 2.24) is 15.2 Å². The van der Waals surface area contributed by atoms with Gasteiger partial charge in [-0.2, -0.15) is 0 Å². The van der Waals surface area contributed by atoms with Crippen molar-refractivity contribution in [2.75, 3.05) is 18.4 Å². The molecule has 26 heavy (non-hydrogen) atoms. The van der Waals surface area contributed by atoms with Gasteiger partial charge in [0.05, 0.1) is 5.92 Å². The molecule has 1 aliphatic rings. The van der Waals surface area contributed by atoms with Crippen molar-refractivity contribution in [1.29, 1.82) is 0 Å². The van der Waals surface area contributed by atoms with Gasteiger partial charge >= 0.3 is 6.03 Å². The summed E-state index contributed by atoms with van der Waals surface area (Å²) in [5.41, 5.74) is 1.98. The first-order valence-corrected chi connectivity index (χ1v) is 8.92. The van der Waals surface area contributed by atoms with Gasteiger partial charge in [-0.3, -0.25) is 4.79 Å². The first-order chi connectivity index (χ1) is 12.6. The van der Waals surface area contributed by atoms with Crippen molar-refractivity contribution in [2.45, 2.75) is 26.3 Å². The molecule has 0 radical (unpaired) electrons. The largest absolute Gasteiger partial charge is 0.334 e. The Morgan fingerprint density at radius 1 is 1.19 bits per heavy atom. The quantitative estimate of drug-likeness (QED) is 0.888. The Morgan fingerprint density at radius 2 is 2.00 bits per heavy atom. The predicted molar refractivity (Wildman–Crippen MR) is 101 cm³/mol. The number of pyridine rings is 1. The molecule has 3 rings (SSSR count). The maximum absolute atomic E-state index is 12.6. The van der Waals surface area contributed by atoms with Gasteiger partial charge in [0, 0.05) is 25.8 Å². The molecule has 1 fully saturated rings. The van der Waals surface area contributed by atoms with Gasteiger partial charge in [-0.1, -0.05) is 36.4 Å². The van der Waals surface area contributed by atoms with Crippen LogP contribution in [-0.4, -0.2) is 34.9 Å². The van der Waals surface area contributed by atoms with E-state index >= 15 is 0 Å². The Morgan fingerprint density at radius 3 is 2.77 bits per heavy atom. The minimum absolute atomic E-state index is 0.0765. The summed E-state index contributed by atoms with van der Waals surface area (Å²) in [5.74, 6) is 0.295. The van der Waals surface area contributed by atoms with Crippen molar-refractivity contribution in [3.63, 3.8) is 0 Å². The van der Waals surface area contributed by atoms with Crippen LogP contribution in [0.1, 0.15) is 24.0 Å². The molecule has 1 atom stereocenters. The lowest BCUT2D eigenvalue weighted by Crippen LogP contribution is -2.47. The number of hydrogen-bond donors (Lipinski definition) is 2. The van der Waals surface area contributed by atoms with Crippen molar-refractivity contribution in [2.24, 2.45) is 5.92 Å². The normalized spacial score (nSPS) is 16.8. The summed E-state index contributed by atoms with van der Waals surface area (Å²) >= 11 is 0. The molecule has 0 spiro atoms. The van der Waals surface area contributed by atoms with Crippen molar-refractivity contribution < 1.29 is 9.59 Å². The van der Waals surface area contributed by atoms with Crippen LogP contribution in [0.15, 0.2) is 48.7 Å². The zero-order valence-electron chi connectivity index (χ0n) is 14.9. The third kappa shape index (κ3) is 4.59. The highest BCUT2D eigenvalue weighted by Crippen LogP contribution is 2.19. The van der Waals surface area contributed by atoms with Crippen LogP contribution in [0, 0.1) is 12.8 Å². The molecule has 1 unspecified atom stereocenters. The number of aryl methyl sites for hydroxylation is 1. The standard InChI is InChI=1S/C20H24N4O2/c1-15-7-5-11-21-18(15)23-19(25)17-10-6-12-24(14-17)20(26)22-13-16-8-3-2-4-9-16/h2-5,7-9,11,17H,6,10,12-14H2,1H3,(H,22,26)(H,21,23,25). The van der Waals surface area contributed by atoms with Crippen LogP contribution in [0.25, 0.3) is 0 Å². The zero-order valence-corrected chi connectivity index (χ0v) is 14.9. The fraction of sp³-hybridized carbons (Fsp3) is 0.350. The number of anilines is 1. The zero-order chi connectivity index (χ0) is 18.4. The van der Waals surface area contributed by atoms with E-state index in [1.165, 1.54) is 0 Å². The number of amides is 3. The van der Waals surface area contributed by atoms with Crippen LogP contribution in [-0.2, 0) is 11.3 Å². The van der Waals surface area contributed by atoms with E-state index in [0.717, 1.165) is 24.0 Å². The van der Waals surface area contributed by atoms with Crippen molar-refractivity contribution in [3.05, 3.63) is 59.8 Å². The van der Waals surface area contributed by atoms with Gasteiger partial charge in [0.15, 0.2) is 0 Å². The predicted octanol–water partition coefficient (Wildman–Crippen LogP) is 2.95. The summed E-state index contributed by atoms with van der Waals surface area (Å²) in [6, 6.07) is 13.4. The van der Waals surface area contributed by atoms with E-state index in [1.807, 2.05) is 49.4 Å². The second-order valence-corrected chi connectivity index (χ2v) is 6.59. The second kappa shape index (κ2) is 8.47. The number of aromatic nitrogens is 1. The molecule has 1 aromatic heterocycles. The van der Waals surface area contributed by atoms with Gasteiger partial charge in [0.25, 0.3) is 0 Å². The minimum Gasteiger partial charge on any atom is -0.334 e. The number of hydrogen-bond acceptors (Lipinski definition) is 3. The first kappa shape index (κ1) is 17.9. The fourth-order valence-electron chi connectivity index (χ4n) is 3.10. The van der Waals surface area contributed by atoms with Crippen LogP contribution >= 0.6 is 0 Å². The lowest BCUT2D eigenvalue weighted by molar-refractivity contribution is -0.121. The van der Waals surface area contributed by atoms with Crippen LogP contribution < -0.4 is 10.6 Å². The molecule has 1 aromatic carbocycles. The molecule has 136 valence electrons. The number of nitrogens with zero attached hydrogens (tertiary/aromatic N) is 2. The summed E-state index contributed by atoms with van der Waals surface area (Å²) < 4.78 is 0. The van der Waals surface area contributed by atoms with Gasteiger partial charge < -0.3 is 15.5 Å². The van der Waals surface area contributed by atoms with E-state index < -0.39 is 0 Å². The van der Waals surface area contributed by atoms with Crippen LogP contribution in [0.4, 0.5) is 10.6 Å². The summed E-state index contributed by atoms with van der Waals surface area (Å²) in [6.45, 7) is 3.50. The van der Waals surface area contributed by atoms with E-state index in [4.69, 9.17) is 0 Å². The molecular weight excluding hydrogens is 328 g/mol. The number of carbonyl (C=O) groups is 2. The topological polar surface area (TPSA) is 74.3 Å². The number of carbonyl (C=O) groups excluding carboxylic acids is 2. The van der Waals surface area contributed by atoms with E-state index in [9.17, 15) is 9.59 Å². The maximum atomic E-state index is 12.6. The van der Waals surface area contributed by atoms with Gasteiger partial charge in [-0.15, -0.1) is 0 Å². The SMILES string of the molecule is Cc1cccnc1NC(=O)C1CCCN(C(=O)NCc2ccccc2)C1. The van der Waals surface area contributed by atoms with Crippen LogP contribution in [0.3, 0.4) is 0 Å². The highest BCUT2D eigenvalue weighted by atomic mass is 16.2. The lowest BCUT2D eigenvalue weighted by atomic mass is 9.97. The molecular formula is C20H24N4O2. The molecule has 2 heterocycles. The number of urea groups is 1. The van der Waals surface area contributed by atoms with Crippen LogP contribution in [0.2, 0.25) is 0 Å². The molecule has 0 saturated carbocycles. The van der Waals surface area contributed by atoms with Gasteiger partial charge in [-0.25, -0.2) is 9.78 Å². The van der Waals surface area contributed by atoms with E-state index in [-0.39, 0.29) is 17.9 Å². The minimum atomic E-state index is -0.215.